The van der Waals surface area contributed by atoms with E-state index in [4.69, 9.17) is 0 Å². The average molecular weight is 281 g/mol. The van der Waals surface area contributed by atoms with Gasteiger partial charge in [0, 0.05) is 0 Å². The third-order valence-electron chi connectivity index (χ3n) is 1.96. The van der Waals surface area contributed by atoms with Crippen LogP contribution in [0.25, 0.3) is 0 Å². The van der Waals surface area contributed by atoms with Crippen LogP contribution in [0.3, 0.4) is 0 Å². The van der Waals surface area contributed by atoms with Crippen molar-refractivity contribution in [2.24, 2.45) is 0 Å². The van der Waals surface area contributed by atoms with Crippen molar-refractivity contribution in [3.8, 4) is 0 Å². The predicted molar refractivity (Wildman–Crippen MR) is 85.2 cm³/mol. The minimum atomic E-state index is -1.01. The molecule has 0 saturated heterocycles. The smallest absolute Gasteiger partial charge is 0.109 e. The van der Waals surface area contributed by atoms with Crippen LogP contribution in [0.4, 0.5) is 0 Å². The monoisotopic (exact) mass is 280 g/mol. The Balaban J connectivity index is 4.29. The van der Waals surface area contributed by atoms with Crippen LogP contribution >= 0.6 is 22.4 Å². The van der Waals surface area contributed by atoms with Gasteiger partial charge in [0.1, 0.15) is 14.4 Å². The van der Waals surface area contributed by atoms with E-state index in [2.05, 4.69) is 76.3 Å². The highest BCUT2D eigenvalue weighted by Gasteiger charge is 2.34. The summed E-state index contributed by atoms with van der Waals surface area (Å²) in [5.41, 5.74) is 1.55. The summed E-state index contributed by atoms with van der Waals surface area (Å²) in [4.78, 5) is 0. The van der Waals surface area contributed by atoms with Gasteiger partial charge in [-0.25, -0.2) is 0 Å². The molecule has 0 aromatic rings. The van der Waals surface area contributed by atoms with Crippen molar-refractivity contribution in [2.75, 3.05) is 0 Å². The molecular weight excluding hydrogens is 252 g/mol. The first-order valence-electron chi connectivity index (χ1n) is 5.90. The van der Waals surface area contributed by atoms with Crippen LogP contribution in [0.2, 0.25) is 31.9 Å². The van der Waals surface area contributed by atoms with Crippen LogP contribution in [0, 0.1) is 0 Å². The van der Waals surface area contributed by atoms with Gasteiger partial charge in [0.25, 0.3) is 0 Å². The lowest BCUT2D eigenvalue weighted by molar-refractivity contribution is 1.12. The van der Waals surface area contributed by atoms with Gasteiger partial charge >= 0.3 is 0 Å². The molecule has 0 nitrogen and oxygen atoms in total. The van der Waals surface area contributed by atoms with Gasteiger partial charge in [-0.2, -0.15) is 22.4 Å². The van der Waals surface area contributed by atoms with Gasteiger partial charge in [-0.15, -0.1) is 0 Å². The molecule has 0 N–H and O–H groups in total. The SMILES string of the molecule is CC(C)S[Si](C)(C)C[Si](C)(C)SC(C)C. The van der Waals surface area contributed by atoms with Gasteiger partial charge < -0.3 is 0 Å². The predicted octanol–water partition coefficient (Wildman–Crippen LogP) is 5.22. The molecule has 0 unspecified atom stereocenters. The van der Waals surface area contributed by atoms with E-state index in [1.165, 1.54) is 0 Å². The van der Waals surface area contributed by atoms with E-state index in [0.717, 1.165) is 10.5 Å². The van der Waals surface area contributed by atoms with Gasteiger partial charge in [0.15, 0.2) is 0 Å². The summed E-state index contributed by atoms with van der Waals surface area (Å²) in [6, 6.07) is 0. The second kappa shape index (κ2) is 6.17. The number of hydrogen-bond donors (Lipinski definition) is 0. The molecule has 0 radical (unpaired) electrons. The quantitative estimate of drug-likeness (QED) is 0.612. The van der Waals surface area contributed by atoms with Crippen molar-refractivity contribution in [3.63, 3.8) is 0 Å². The molecular formula is C11H28S2Si2. The van der Waals surface area contributed by atoms with Crippen molar-refractivity contribution < 1.29 is 0 Å². The highest BCUT2D eigenvalue weighted by atomic mass is 32.4. The van der Waals surface area contributed by atoms with Crippen LogP contribution in [0.5, 0.6) is 0 Å². The molecule has 0 rings (SSSR count). The van der Waals surface area contributed by atoms with Crippen LogP contribution in [-0.2, 0) is 0 Å². The summed E-state index contributed by atoms with van der Waals surface area (Å²) >= 11 is 4.54. The summed E-state index contributed by atoms with van der Waals surface area (Å²) in [5, 5.41) is 1.61. The molecule has 0 atom stereocenters. The molecule has 15 heavy (non-hydrogen) atoms. The van der Waals surface area contributed by atoms with E-state index in [1.807, 2.05) is 0 Å². The molecule has 0 aromatic carbocycles. The van der Waals surface area contributed by atoms with Gasteiger partial charge in [0.2, 0.25) is 0 Å². The molecule has 0 saturated carbocycles. The zero-order valence-electron chi connectivity index (χ0n) is 11.7. The maximum atomic E-state index is 2.55. The van der Waals surface area contributed by atoms with Gasteiger partial charge in [-0.05, 0) is 16.2 Å². The van der Waals surface area contributed by atoms with Crippen molar-refractivity contribution in [3.05, 3.63) is 0 Å². The fourth-order valence-electron chi connectivity index (χ4n) is 2.38. The lowest BCUT2D eigenvalue weighted by atomic mass is 10.6. The minimum Gasteiger partial charge on any atom is -0.183 e. The summed E-state index contributed by atoms with van der Waals surface area (Å²) < 4.78 is 0. The summed E-state index contributed by atoms with van der Waals surface area (Å²) in [5.74, 6) is 0. The van der Waals surface area contributed by atoms with Crippen molar-refractivity contribution in [1.82, 2.24) is 0 Å². The fraction of sp³-hybridized carbons (Fsp3) is 1.00. The number of rotatable bonds is 6. The van der Waals surface area contributed by atoms with E-state index in [9.17, 15) is 0 Å². The Labute approximate surface area is 107 Å². The molecule has 0 heterocycles. The highest BCUT2D eigenvalue weighted by Crippen LogP contribution is 2.38. The van der Waals surface area contributed by atoms with Crippen molar-refractivity contribution in [2.45, 2.75) is 70.1 Å². The van der Waals surface area contributed by atoms with E-state index in [0.29, 0.717) is 0 Å². The Morgan fingerprint density at radius 1 is 0.733 bits per heavy atom. The third-order valence-corrected chi connectivity index (χ3v) is 20.2. The second-order valence-corrected chi connectivity index (χ2v) is 24.9. The van der Waals surface area contributed by atoms with Crippen LogP contribution < -0.4 is 0 Å². The first kappa shape index (κ1) is 16.1. The molecule has 4 heteroatoms. The van der Waals surface area contributed by atoms with E-state index in [1.54, 1.807) is 5.67 Å². The van der Waals surface area contributed by atoms with Crippen molar-refractivity contribution >= 4 is 36.9 Å². The van der Waals surface area contributed by atoms with Crippen LogP contribution in [0.1, 0.15) is 27.7 Å². The average Bonchev–Trinajstić information content (AvgIpc) is 1.73. The minimum absolute atomic E-state index is 0.806. The maximum absolute atomic E-state index is 2.55. The lowest BCUT2D eigenvalue weighted by Crippen LogP contribution is -2.37. The van der Waals surface area contributed by atoms with Crippen LogP contribution in [-0.4, -0.2) is 24.9 Å². The number of hydrogen-bond acceptors (Lipinski definition) is 2. The molecule has 92 valence electrons. The van der Waals surface area contributed by atoms with Gasteiger partial charge in [0.05, 0.1) is 0 Å². The molecule has 0 bridgehead atoms. The highest BCUT2D eigenvalue weighted by molar-refractivity contribution is 8.32. The summed E-state index contributed by atoms with van der Waals surface area (Å²) in [7, 11) is -2.02. The third kappa shape index (κ3) is 8.89. The molecule has 0 aliphatic rings. The molecule has 0 aliphatic carbocycles. The fourth-order valence-corrected chi connectivity index (χ4v) is 30.3. The first-order valence-corrected chi connectivity index (χ1v) is 15.5. The molecule has 0 aromatic heterocycles. The van der Waals surface area contributed by atoms with Gasteiger partial charge in [-0.3, -0.25) is 0 Å². The largest absolute Gasteiger partial charge is 0.183 e. The topological polar surface area (TPSA) is 0 Å². The Morgan fingerprint density at radius 3 is 1.20 bits per heavy atom. The molecule has 0 spiro atoms. The van der Waals surface area contributed by atoms with Gasteiger partial charge in [-0.1, -0.05) is 53.9 Å². The zero-order chi connectivity index (χ0) is 12.3. The standard InChI is InChI=1S/C11H28S2Si2/c1-10(2)12-14(5,6)9-15(7,8)13-11(3)4/h10-11H,9H2,1-8H3. The van der Waals surface area contributed by atoms with Crippen LogP contribution in [0.15, 0.2) is 0 Å². The summed E-state index contributed by atoms with van der Waals surface area (Å²) in [6.45, 7) is 19.5. The normalized spacial score (nSPS) is 14.0. The van der Waals surface area contributed by atoms with E-state index < -0.39 is 14.4 Å². The Morgan fingerprint density at radius 2 is 1.00 bits per heavy atom. The van der Waals surface area contributed by atoms with Crippen molar-refractivity contribution in [1.29, 1.82) is 0 Å². The van der Waals surface area contributed by atoms with E-state index >= 15 is 0 Å². The first-order chi connectivity index (χ1) is 6.54. The van der Waals surface area contributed by atoms with E-state index in [-0.39, 0.29) is 0 Å². The zero-order valence-corrected chi connectivity index (χ0v) is 15.3. The maximum Gasteiger partial charge on any atom is 0.109 e. The Kier molecular flexibility index (Phi) is 6.64. The lowest BCUT2D eigenvalue weighted by Gasteiger charge is -2.33. The Hall–Kier alpha value is 1.13. The summed E-state index contributed by atoms with van der Waals surface area (Å²) in [6.07, 6.45) is 0. The molecule has 0 fully saturated rings. The Bertz CT molecular complexity index is 169. The molecule has 0 amide bonds. The second-order valence-electron chi connectivity index (χ2n) is 6.03. The molecule has 0 aliphatic heterocycles.